The van der Waals surface area contributed by atoms with Crippen LogP contribution in [0.25, 0.3) is 0 Å². The third-order valence-corrected chi connectivity index (χ3v) is 7.16. The summed E-state index contributed by atoms with van der Waals surface area (Å²) < 4.78 is 24.4. The molecule has 1 aliphatic carbocycles. The van der Waals surface area contributed by atoms with Gasteiger partial charge in [0.25, 0.3) is 0 Å². The van der Waals surface area contributed by atoms with Crippen molar-refractivity contribution in [1.82, 2.24) is 10.2 Å². The first-order valence-electron chi connectivity index (χ1n) is 10.7. The molecule has 1 aliphatic heterocycles. The lowest BCUT2D eigenvalue weighted by atomic mass is 10.1. The molecule has 4 rings (SSSR count). The minimum atomic E-state index is -0.235. The summed E-state index contributed by atoms with van der Waals surface area (Å²) in [6, 6.07) is 10.7. The molecule has 1 N–H and O–H groups in total. The topological polar surface area (TPSA) is 50.8 Å². The van der Waals surface area contributed by atoms with E-state index in [1.165, 1.54) is 12.1 Å². The molecule has 2 atom stereocenters. The van der Waals surface area contributed by atoms with E-state index in [0.717, 1.165) is 53.3 Å². The predicted octanol–water partition coefficient (Wildman–Crippen LogP) is 4.17. The summed E-state index contributed by atoms with van der Waals surface area (Å²) >= 11 is 1.71. The minimum absolute atomic E-state index is 0.105. The highest BCUT2D eigenvalue weighted by atomic mass is 32.2. The van der Waals surface area contributed by atoms with E-state index in [9.17, 15) is 9.18 Å². The number of benzene rings is 2. The Morgan fingerprint density at radius 1 is 1.16 bits per heavy atom. The Morgan fingerprint density at radius 3 is 2.55 bits per heavy atom. The summed E-state index contributed by atoms with van der Waals surface area (Å²) in [6.45, 7) is 3.38. The number of halogens is 1. The number of rotatable bonds is 8. The highest BCUT2D eigenvalue weighted by Gasteiger charge is 2.39. The van der Waals surface area contributed by atoms with Gasteiger partial charge in [0.05, 0.1) is 20.3 Å². The standard InChI is InChI=1S/C24H29FN2O3S/c1-15-22(29-2)11-4-16(23(15)30-3)13-27-14-20(31-19-9-5-17(25)6-10-19)12-21(27)24(28)26-18-7-8-18/h4-6,9-11,18,20-21H,7-8,12-14H2,1-3H3,(H,26,28)/t20-,21-/m0/s1. The minimum Gasteiger partial charge on any atom is -0.496 e. The van der Waals surface area contributed by atoms with Crippen molar-refractivity contribution in [2.75, 3.05) is 20.8 Å². The lowest BCUT2D eigenvalue weighted by molar-refractivity contribution is -0.125. The van der Waals surface area contributed by atoms with E-state index in [-0.39, 0.29) is 23.0 Å². The normalized spacial score (nSPS) is 21.2. The Bertz CT molecular complexity index is 933. The molecule has 0 aromatic heterocycles. The summed E-state index contributed by atoms with van der Waals surface area (Å²) in [5.41, 5.74) is 2.00. The zero-order valence-corrected chi connectivity index (χ0v) is 19.0. The fourth-order valence-electron chi connectivity index (χ4n) is 4.20. The van der Waals surface area contributed by atoms with Gasteiger partial charge in [-0.25, -0.2) is 4.39 Å². The summed E-state index contributed by atoms with van der Waals surface area (Å²) in [4.78, 5) is 16.3. The Hall–Kier alpha value is -2.25. The molecule has 1 amide bonds. The van der Waals surface area contributed by atoms with E-state index in [1.807, 2.05) is 19.1 Å². The molecule has 31 heavy (non-hydrogen) atoms. The Balaban J connectivity index is 1.53. The molecular formula is C24H29FN2O3S. The van der Waals surface area contributed by atoms with Crippen LogP contribution in [-0.2, 0) is 11.3 Å². The molecular weight excluding hydrogens is 415 g/mol. The van der Waals surface area contributed by atoms with Gasteiger partial charge in [0, 0.05) is 40.4 Å². The maximum absolute atomic E-state index is 13.3. The van der Waals surface area contributed by atoms with Gasteiger partial charge >= 0.3 is 0 Å². The van der Waals surface area contributed by atoms with Gasteiger partial charge in [-0.3, -0.25) is 9.69 Å². The average Bonchev–Trinajstić information content (AvgIpc) is 3.48. The second kappa shape index (κ2) is 9.49. The van der Waals surface area contributed by atoms with Crippen LogP contribution in [0.3, 0.4) is 0 Å². The number of hydrogen-bond acceptors (Lipinski definition) is 5. The van der Waals surface area contributed by atoms with Crippen LogP contribution in [0.15, 0.2) is 41.3 Å². The fraction of sp³-hybridized carbons (Fsp3) is 0.458. The molecule has 2 aliphatic rings. The van der Waals surface area contributed by atoms with Gasteiger partial charge in [-0.05, 0) is 56.5 Å². The first-order chi connectivity index (χ1) is 15.0. The summed E-state index contributed by atoms with van der Waals surface area (Å²) in [5.74, 6) is 1.46. The monoisotopic (exact) mass is 444 g/mol. The van der Waals surface area contributed by atoms with Gasteiger partial charge in [0.15, 0.2) is 0 Å². The van der Waals surface area contributed by atoms with E-state index >= 15 is 0 Å². The van der Waals surface area contributed by atoms with Gasteiger partial charge in [0.2, 0.25) is 5.91 Å². The van der Waals surface area contributed by atoms with Gasteiger partial charge in [0.1, 0.15) is 17.3 Å². The zero-order chi connectivity index (χ0) is 22.0. The van der Waals surface area contributed by atoms with Crippen molar-refractivity contribution in [3.05, 3.63) is 53.3 Å². The van der Waals surface area contributed by atoms with Gasteiger partial charge in [-0.15, -0.1) is 11.8 Å². The second-order valence-electron chi connectivity index (χ2n) is 8.24. The molecule has 2 fully saturated rings. The number of thioether (sulfide) groups is 1. The average molecular weight is 445 g/mol. The molecule has 2 aromatic carbocycles. The SMILES string of the molecule is COc1ccc(CN2C[C@@H](Sc3ccc(F)cc3)C[C@H]2C(=O)NC2CC2)c(OC)c1C. The first kappa shape index (κ1) is 22.0. The molecule has 0 bridgehead atoms. The number of ether oxygens (including phenoxy) is 2. The van der Waals surface area contributed by atoms with Crippen LogP contribution in [0.2, 0.25) is 0 Å². The summed E-state index contributed by atoms with van der Waals surface area (Å²) in [6.07, 6.45) is 2.90. The molecule has 1 heterocycles. The van der Waals surface area contributed by atoms with E-state index in [2.05, 4.69) is 10.2 Å². The van der Waals surface area contributed by atoms with Crippen molar-refractivity contribution in [1.29, 1.82) is 0 Å². The van der Waals surface area contributed by atoms with E-state index in [1.54, 1.807) is 38.1 Å². The Kier molecular flexibility index (Phi) is 6.72. The molecule has 0 radical (unpaired) electrons. The smallest absolute Gasteiger partial charge is 0.237 e. The van der Waals surface area contributed by atoms with Crippen molar-refractivity contribution >= 4 is 17.7 Å². The van der Waals surface area contributed by atoms with Crippen molar-refractivity contribution in [2.45, 2.75) is 55.0 Å². The summed E-state index contributed by atoms with van der Waals surface area (Å²) in [5, 5.41) is 3.43. The number of carbonyl (C=O) groups excluding carboxylic acids is 1. The molecule has 1 saturated carbocycles. The molecule has 7 heteroatoms. The highest BCUT2D eigenvalue weighted by molar-refractivity contribution is 8.00. The number of likely N-dealkylation sites (tertiary alicyclic amines) is 1. The second-order valence-corrected chi connectivity index (χ2v) is 9.62. The molecule has 0 unspecified atom stereocenters. The maximum Gasteiger partial charge on any atom is 0.237 e. The van der Waals surface area contributed by atoms with Gasteiger partial charge in [-0.2, -0.15) is 0 Å². The van der Waals surface area contributed by atoms with Crippen LogP contribution in [0.4, 0.5) is 4.39 Å². The van der Waals surface area contributed by atoms with Gasteiger partial charge in [-0.1, -0.05) is 6.07 Å². The van der Waals surface area contributed by atoms with Crippen molar-refractivity contribution in [3.8, 4) is 11.5 Å². The van der Waals surface area contributed by atoms with Gasteiger partial charge < -0.3 is 14.8 Å². The molecule has 2 aromatic rings. The number of nitrogens with zero attached hydrogens (tertiary/aromatic N) is 1. The number of methoxy groups -OCH3 is 2. The Morgan fingerprint density at radius 2 is 1.90 bits per heavy atom. The van der Waals surface area contributed by atoms with Crippen LogP contribution in [0.5, 0.6) is 11.5 Å². The number of nitrogens with one attached hydrogen (secondary N) is 1. The molecule has 166 valence electrons. The number of hydrogen-bond donors (Lipinski definition) is 1. The Labute approximate surface area is 187 Å². The van der Waals surface area contributed by atoms with Crippen LogP contribution in [0.1, 0.15) is 30.4 Å². The van der Waals surface area contributed by atoms with E-state index in [4.69, 9.17) is 9.47 Å². The van der Waals surface area contributed by atoms with Crippen LogP contribution >= 0.6 is 11.8 Å². The third kappa shape index (κ3) is 5.15. The lowest BCUT2D eigenvalue weighted by Crippen LogP contribution is -2.43. The zero-order valence-electron chi connectivity index (χ0n) is 18.2. The van der Waals surface area contributed by atoms with Crippen LogP contribution < -0.4 is 14.8 Å². The molecule has 1 saturated heterocycles. The number of carbonyl (C=O) groups is 1. The molecule has 0 spiro atoms. The van der Waals surface area contributed by atoms with E-state index < -0.39 is 0 Å². The lowest BCUT2D eigenvalue weighted by Gasteiger charge is -2.25. The predicted molar refractivity (Wildman–Crippen MR) is 120 cm³/mol. The first-order valence-corrected chi connectivity index (χ1v) is 11.5. The van der Waals surface area contributed by atoms with Crippen LogP contribution in [-0.4, -0.2) is 48.9 Å². The van der Waals surface area contributed by atoms with Crippen LogP contribution in [0, 0.1) is 12.7 Å². The van der Waals surface area contributed by atoms with Crippen molar-refractivity contribution < 1.29 is 18.7 Å². The fourth-order valence-corrected chi connectivity index (χ4v) is 5.43. The van der Waals surface area contributed by atoms with Crippen molar-refractivity contribution in [2.24, 2.45) is 0 Å². The number of amides is 1. The quantitative estimate of drug-likeness (QED) is 0.663. The molecule has 5 nitrogen and oxygen atoms in total. The summed E-state index contributed by atoms with van der Waals surface area (Å²) in [7, 11) is 3.32. The maximum atomic E-state index is 13.3. The van der Waals surface area contributed by atoms with E-state index in [0.29, 0.717) is 12.6 Å². The largest absolute Gasteiger partial charge is 0.496 e. The third-order valence-electron chi connectivity index (χ3n) is 5.94. The van der Waals surface area contributed by atoms with Crippen molar-refractivity contribution in [3.63, 3.8) is 0 Å². The highest BCUT2D eigenvalue weighted by Crippen LogP contribution is 2.37.